The Balaban J connectivity index is 1.64. The summed E-state index contributed by atoms with van der Waals surface area (Å²) in [6, 6.07) is 0. The molecule has 3 heterocycles. The molecule has 7 nitrogen and oxygen atoms in total. The normalized spacial score (nSPS) is 15.6. The highest BCUT2D eigenvalue weighted by molar-refractivity contribution is 5.92. The first-order valence-corrected chi connectivity index (χ1v) is 7.33. The second kappa shape index (κ2) is 6.46. The SMILES string of the molecule is CNc1cncc(C2CCN(C(=O)c3cnccn3)CC2)n1. The number of aromatic nitrogens is 4. The highest BCUT2D eigenvalue weighted by Gasteiger charge is 2.26. The van der Waals surface area contributed by atoms with Crippen LogP contribution in [0.25, 0.3) is 0 Å². The Labute approximate surface area is 128 Å². The van der Waals surface area contributed by atoms with Crippen LogP contribution in [0, 0.1) is 0 Å². The third-order valence-electron chi connectivity index (χ3n) is 3.89. The molecule has 22 heavy (non-hydrogen) atoms. The monoisotopic (exact) mass is 298 g/mol. The number of likely N-dealkylation sites (tertiary alicyclic amines) is 1. The van der Waals surface area contributed by atoms with Crippen molar-refractivity contribution in [2.75, 3.05) is 25.5 Å². The van der Waals surface area contributed by atoms with Crippen LogP contribution >= 0.6 is 0 Å². The summed E-state index contributed by atoms with van der Waals surface area (Å²) in [6.45, 7) is 1.40. The molecule has 1 amide bonds. The van der Waals surface area contributed by atoms with Crippen molar-refractivity contribution in [1.82, 2.24) is 24.8 Å². The van der Waals surface area contributed by atoms with E-state index in [0.29, 0.717) is 24.7 Å². The maximum Gasteiger partial charge on any atom is 0.274 e. The standard InChI is InChI=1S/C15H18N6O/c1-16-14-10-18-8-12(20-14)11-2-6-21(7-3-11)15(22)13-9-17-4-5-19-13/h4-5,8-11H,2-3,6-7H2,1H3,(H,16,20). The number of amides is 1. The molecule has 114 valence electrons. The molecular weight excluding hydrogens is 280 g/mol. The van der Waals surface area contributed by atoms with Gasteiger partial charge in [0.2, 0.25) is 0 Å². The van der Waals surface area contributed by atoms with Crippen LogP contribution in [0.2, 0.25) is 0 Å². The fourth-order valence-electron chi connectivity index (χ4n) is 2.65. The zero-order valence-electron chi connectivity index (χ0n) is 12.4. The van der Waals surface area contributed by atoms with Crippen molar-refractivity contribution in [3.05, 3.63) is 42.4 Å². The Kier molecular flexibility index (Phi) is 4.22. The zero-order chi connectivity index (χ0) is 15.4. The molecule has 0 atom stereocenters. The fourth-order valence-corrected chi connectivity index (χ4v) is 2.65. The Morgan fingerprint density at radius 2 is 2.00 bits per heavy atom. The first-order chi connectivity index (χ1) is 10.8. The predicted octanol–water partition coefficient (Wildman–Crippen LogP) is 1.33. The maximum absolute atomic E-state index is 12.3. The molecule has 1 saturated heterocycles. The van der Waals surface area contributed by atoms with Crippen molar-refractivity contribution in [3.63, 3.8) is 0 Å². The number of hydrogen-bond acceptors (Lipinski definition) is 6. The van der Waals surface area contributed by atoms with Gasteiger partial charge >= 0.3 is 0 Å². The fraction of sp³-hybridized carbons (Fsp3) is 0.400. The van der Waals surface area contributed by atoms with E-state index in [2.05, 4.69) is 25.3 Å². The molecule has 0 radical (unpaired) electrons. The van der Waals surface area contributed by atoms with Gasteiger partial charge in [0.15, 0.2) is 0 Å². The summed E-state index contributed by atoms with van der Waals surface area (Å²) in [4.78, 5) is 30.9. The Morgan fingerprint density at radius 3 is 2.68 bits per heavy atom. The summed E-state index contributed by atoms with van der Waals surface area (Å²) in [5.74, 6) is 1.06. The lowest BCUT2D eigenvalue weighted by Crippen LogP contribution is -2.38. The van der Waals surface area contributed by atoms with Gasteiger partial charge in [0.1, 0.15) is 11.5 Å². The third-order valence-corrected chi connectivity index (χ3v) is 3.89. The van der Waals surface area contributed by atoms with E-state index in [4.69, 9.17) is 0 Å². The number of nitrogens with one attached hydrogen (secondary N) is 1. The van der Waals surface area contributed by atoms with Crippen LogP contribution in [0.1, 0.15) is 34.9 Å². The van der Waals surface area contributed by atoms with Crippen molar-refractivity contribution < 1.29 is 4.79 Å². The topological polar surface area (TPSA) is 83.9 Å². The third kappa shape index (κ3) is 3.03. The number of carbonyl (C=O) groups is 1. The quantitative estimate of drug-likeness (QED) is 0.920. The molecule has 0 spiro atoms. The van der Waals surface area contributed by atoms with Crippen LogP contribution in [0.4, 0.5) is 5.82 Å². The molecule has 2 aromatic heterocycles. The number of rotatable bonds is 3. The second-order valence-electron chi connectivity index (χ2n) is 5.24. The second-order valence-corrected chi connectivity index (χ2v) is 5.24. The van der Waals surface area contributed by atoms with E-state index in [1.807, 2.05) is 18.1 Å². The molecule has 1 N–H and O–H groups in total. The van der Waals surface area contributed by atoms with Gasteiger partial charge in [-0.1, -0.05) is 0 Å². The molecule has 0 aromatic carbocycles. The summed E-state index contributed by atoms with van der Waals surface area (Å²) < 4.78 is 0. The van der Waals surface area contributed by atoms with Crippen LogP contribution in [0.3, 0.4) is 0 Å². The summed E-state index contributed by atoms with van der Waals surface area (Å²) in [5, 5.41) is 3.00. The summed E-state index contributed by atoms with van der Waals surface area (Å²) in [7, 11) is 1.83. The van der Waals surface area contributed by atoms with Crippen molar-refractivity contribution in [3.8, 4) is 0 Å². The molecule has 1 aliphatic rings. The van der Waals surface area contributed by atoms with Crippen molar-refractivity contribution in [2.45, 2.75) is 18.8 Å². The smallest absolute Gasteiger partial charge is 0.274 e. The van der Waals surface area contributed by atoms with Crippen LogP contribution in [0.5, 0.6) is 0 Å². The van der Waals surface area contributed by atoms with Gasteiger partial charge < -0.3 is 10.2 Å². The minimum Gasteiger partial charge on any atom is -0.372 e. The number of hydrogen-bond donors (Lipinski definition) is 1. The molecule has 7 heteroatoms. The van der Waals surface area contributed by atoms with Gasteiger partial charge in [-0.3, -0.25) is 14.8 Å². The van der Waals surface area contributed by atoms with Gasteiger partial charge in [0.25, 0.3) is 5.91 Å². The first kappa shape index (κ1) is 14.4. The van der Waals surface area contributed by atoms with Gasteiger partial charge in [-0.15, -0.1) is 0 Å². The van der Waals surface area contributed by atoms with E-state index in [-0.39, 0.29) is 5.91 Å². The van der Waals surface area contributed by atoms with E-state index in [9.17, 15) is 4.79 Å². The molecule has 0 saturated carbocycles. The minimum atomic E-state index is -0.0541. The number of piperidine rings is 1. The van der Waals surface area contributed by atoms with E-state index >= 15 is 0 Å². The van der Waals surface area contributed by atoms with E-state index < -0.39 is 0 Å². The highest BCUT2D eigenvalue weighted by Crippen LogP contribution is 2.27. The predicted molar refractivity (Wildman–Crippen MR) is 81.5 cm³/mol. The largest absolute Gasteiger partial charge is 0.372 e. The first-order valence-electron chi connectivity index (χ1n) is 7.33. The number of carbonyl (C=O) groups excluding carboxylic acids is 1. The lowest BCUT2D eigenvalue weighted by atomic mass is 9.93. The average molecular weight is 298 g/mol. The Bertz CT molecular complexity index is 639. The molecule has 1 aliphatic heterocycles. The van der Waals surface area contributed by atoms with E-state index in [1.54, 1.807) is 18.6 Å². The van der Waals surface area contributed by atoms with Crippen molar-refractivity contribution in [2.24, 2.45) is 0 Å². The van der Waals surface area contributed by atoms with Gasteiger partial charge in [-0.2, -0.15) is 0 Å². The highest BCUT2D eigenvalue weighted by atomic mass is 16.2. The Hall–Kier alpha value is -2.57. The van der Waals surface area contributed by atoms with Gasteiger partial charge in [-0.25, -0.2) is 9.97 Å². The maximum atomic E-state index is 12.3. The summed E-state index contributed by atoms with van der Waals surface area (Å²) >= 11 is 0. The summed E-state index contributed by atoms with van der Waals surface area (Å²) in [5.41, 5.74) is 1.39. The lowest BCUT2D eigenvalue weighted by molar-refractivity contribution is 0.0705. The number of anilines is 1. The van der Waals surface area contributed by atoms with Crippen LogP contribution < -0.4 is 5.32 Å². The van der Waals surface area contributed by atoms with Crippen LogP contribution in [0.15, 0.2) is 31.0 Å². The molecule has 0 bridgehead atoms. The molecule has 0 unspecified atom stereocenters. The van der Waals surface area contributed by atoms with E-state index in [0.717, 1.165) is 24.4 Å². The van der Waals surface area contributed by atoms with Gasteiger partial charge in [-0.05, 0) is 12.8 Å². The number of nitrogens with zero attached hydrogens (tertiary/aromatic N) is 5. The Morgan fingerprint density at radius 1 is 1.18 bits per heavy atom. The van der Waals surface area contributed by atoms with E-state index in [1.165, 1.54) is 6.20 Å². The molecule has 2 aromatic rings. The molecule has 3 rings (SSSR count). The lowest BCUT2D eigenvalue weighted by Gasteiger charge is -2.31. The minimum absolute atomic E-state index is 0.0541. The summed E-state index contributed by atoms with van der Waals surface area (Å²) in [6.07, 6.45) is 9.90. The van der Waals surface area contributed by atoms with Crippen LogP contribution in [-0.4, -0.2) is 50.9 Å². The molecular formula is C15H18N6O. The van der Waals surface area contributed by atoms with Crippen molar-refractivity contribution in [1.29, 1.82) is 0 Å². The van der Waals surface area contributed by atoms with Crippen LogP contribution in [-0.2, 0) is 0 Å². The zero-order valence-corrected chi connectivity index (χ0v) is 12.4. The van der Waals surface area contributed by atoms with Gasteiger partial charge in [0, 0.05) is 44.6 Å². The molecule has 0 aliphatic carbocycles. The molecule has 1 fully saturated rings. The van der Waals surface area contributed by atoms with Crippen molar-refractivity contribution >= 4 is 11.7 Å². The average Bonchev–Trinajstić information content (AvgIpc) is 2.62. The van der Waals surface area contributed by atoms with Gasteiger partial charge in [0.05, 0.1) is 18.1 Å².